The average molecular weight is 612 g/mol. The normalized spacial score (nSPS) is 17.0. The quantitative estimate of drug-likeness (QED) is 0.203. The van der Waals surface area contributed by atoms with E-state index in [1.807, 2.05) is 0 Å². The maximum absolute atomic E-state index is 13.9. The SMILES string of the molecule is CC(=CC(CO)CC(F)(F)C(F)(F)C(F)(F)C(F)(F)C(F)(F)C(F)(F)C(F)(C(F)(F)F)C(F)(F)F)C(=O)O. The monoisotopic (exact) mass is 612 g/mol. The summed E-state index contributed by atoms with van der Waals surface area (Å²) in [6, 6.07) is 0. The molecule has 1 unspecified atom stereocenters. The zero-order valence-corrected chi connectivity index (χ0v) is 17.6. The first-order valence-corrected chi connectivity index (χ1v) is 8.88. The highest BCUT2D eigenvalue weighted by Crippen LogP contribution is 2.66. The molecule has 0 rings (SSSR count). The first-order valence-electron chi connectivity index (χ1n) is 8.88. The molecule has 38 heavy (non-hydrogen) atoms. The molecule has 0 aromatic carbocycles. The highest BCUT2D eigenvalue weighted by molar-refractivity contribution is 5.85. The van der Waals surface area contributed by atoms with E-state index >= 15 is 0 Å². The molecule has 0 amide bonds. The molecule has 1 atom stereocenters. The van der Waals surface area contributed by atoms with E-state index in [-0.39, 0.29) is 6.08 Å². The van der Waals surface area contributed by atoms with Gasteiger partial charge in [-0.2, -0.15) is 79.0 Å². The standard InChI is InChI=1S/C16H11F19O3/c1-5(7(37)38)2-6(4-36)3-8(17,18)10(20,21)12(24,25)14(28,29)13(26,27)11(22,23)9(19,15(30,31)32)16(33,34)35/h2,6,36H,3-4H2,1H3,(H,37,38). The van der Waals surface area contributed by atoms with Crippen molar-refractivity contribution in [2.75, 3.05) is 6.61 Å². The van der Waals surface area contributed by atoms with Crippen LogP contribution in [0.25, 0.3) is 0 Å². The van der Waals surface area contributed by atoms with Crippen LogP contribution < -0.4 is 0 Å². The molecule has 0 heterocycles. The molecule has 0 radical (unpaired) electrons. The Morgan fingerprint density at radius 1 is 0.632 bits per heavy atom. The topological polar surface area (TPSA) is 57.5 Å². The lowest BCUT2D eigenvalue weighted by Gasteiger charge is -2.45. The second kappa shape index (κ2) is 9.79. The Hall–Kier alpha value is -2.16. The van der Waals surface area contributed by atoms with Gasteiger partial charge in [0, 0.05) is 24.5 Å². The van der Waals surface area contributed by atoms with Gasteiger partial charge in [-0.3, -0.25) is 0 Å². The number of carboxylic acids is 1. The summed E-state index contributed by atoms with van der Waals surface area (Å²) in [5.74, 6) is -55.5. The molecule has 0 bridgehead atoms. The molecule has 0 aliphatic rings. The summed E-state index contributed by atoms with van der Waals surface area (Å²) in [4.78, 5) is 10.6. The number of aliphatic hydroxyl groups is 1. The minimum absolute atomic E-state index is 0.0739. The third-order valence-electron chi connectivity index (χ3n) is 4.83. The van der Waals surface area contributed by atoms with Crippen LogP contribution in [-0.4, -0.2) is 76.3 Å². The second-order valence-electron chi connectivity index (χ2n) is 7.53. The summed E-state index contributed by atoms with van der Waals surface area (Å²) in [6.45, 7) is -1.36. The van der Waals surface area contributed by atoms with Gasteiger partial charge in [0.1, 0.15) is 0 Å². The van der Waals surface area contributed by atoms with Gasteiger partial charge in [-0.1, -0.05) is 6.08 Å². The van der Waals surface area contributed by atoms with E-state index in [1.54, 1.807) is 0 Å². The van der Waals surface area contributed by atoms with E-state index in [2.05, 4.69) is 0 Å². The van der Waals surface area contributed by atoms with Crippen molar-refractivity contribution in [3.05, 3.63) is 11.6 Å². The first kappa shape index (κ1) is 35.8. The molecule has 2 N–H and O–H groups in total. The third kappa shape index (κ3) is 5.07. The summed E-state index contributed by atoms with van der Waals surface area (Å²) in [6.07, 6.45) is -19.8. The summed E-state index contributed by atoms with van der Waals surface area (Å²) in [7, 11) is 0. The number of carbonyl (C=O) groups is 1. The predicted molar refractivity (Wildman–Crippen MR) is 82.2 cm³/mol. The lowest BCUT2D eigenvalue weighted by atomic mass is 9.82. The Morgan fingerprint density at radius 3 is 1.24 bits per heavy atom. The number of alkyl halides is 19. The van der Waals surface area contributed by atoms with E-state index in [0.29, 0.717) is 6.92 Å². The Labute approximate surface area is 196 Å². The number of carboxylic acid groups (broad SMARTS) is 1. The van der Waals surface area contributed by atoms with Gasteiger partial charge in [-0.05, 0) is 6.92 Å². The fraction of sp³-hybridized carbons (Fsp3) is 0.812. The predicted octanol–water partition coefficient (Wildman–Crippen LogP) is 6.66. The molecule has 226 valence electrons. The van der Waals surface area contributed by atoms with Crippen molar-refractivity contribution < 1.29 is 98.4 Å². The largest absolute Gasteiger partial charge is 0.478 e. The van der Waals surface area contributed by atoms with Gasteiger partial charge in [0.25, 0.3) is 0 Å². The lowest BCUT2D eigenvalue weighted by Crippen LogP contribution is -2.77. The molecular weight excluding hydrogens is 601 g/mol. The van der Waals surface area contributed by atoms with Gasteiger partial charge >= 0.3 is 59.5 Å². The number of halogens is 19. The van der Waals surface area contributed by atoms with Crippen LogP contribution in [-0.2, 0) is 4.79 Å². The Balaban J connectivity index is 7.01. The van der Waals surface area contributed by atoms with Gasteiger partial charge in [0.15, 0.2) is 0 Å². The van der Waals surface area contributed by atoms with Gasteiger partial charge in [-0.15, -0.1) is 0 Å². The van der Waals surface area contributed by atoms with Crippen LogP contribution in [0.1, 0.15) is 13.3 Å². The Bertz CT molecular complexity index is 885. The smallest absolute Gasteiger partial charge is 0.438 e. The number of aliphatic hydroxyl groups excluding tert-OH is 1. The molecule has 0 aromatic rings. The fourth-order valence-corrected chi connectivity index (χ4v) is 2.61. The molecule has 0 aliphatic carbocycles. The maximum Gasteiger partial charge on any atom is 0.438 e. The van der Waals surface area contributed by atoms with Crippen molar-refractivity contribution >= 4 is 5.97 Å². The Kier molecular flexibility index (Phi) is 9.23. The summed E-state index contributed by atoms with van der Waals surface area (Å²) >= 11 is 0. The molecule has 22 heteroatoms. The van der Waals surface area contributed by atoms with Crippen molar-refractivity contribution in [3.63, 3.8) is 0 Å². The molecule has 0 saturated carbocycles. The van der Waals surface area contributed by atoms with Crippen molar-refractivity contribution in [1.82, 2.24) is 0 Å². The van der Waals surface area contributed by atoms with Crippen LogP contribution >= 0.6 is 0 Å². The number of hydrogen-bond donors (Lipinski definition) is 2. The molecular formula is C16H11F19O3. The third-order valence-corrected chi connectivity index (χ3v) is 4.83. The van der Waals surface area contributed by atoms with Crippen molar-refractivity contribution in [2.45, 2.75) is 66.9 Å². The van der Waals surface area contributed by atoms with Gasteiger partial charge in [-0.25, -0.2) is 9.18 Å². The van der Waals surface area contributed by atoms with Crippen LogP contribution in [0, 0.1) is 5.92 Å². The highest BCUT2D eigenvalue weighted by Gasteiger charge is 2.98. The first-order chi connectivity index (χ1) is 16.3. The van der Waals surface area contributed by atoms with Crippen LogP contribution in [0.5, 0.6) is 0 Å². The van der Waals surface area contributed by atoms with E-state index < -0.39 is 84.0 Å². The molecule has 3 nitrogen and oxygen atoms in total. The number of rotatable bonds is 11. The van der Waals surface area contributed by atoms with E-state index in [9.17, 15) is 88.2 Å². The molecule has 0 aliphatic heterocycles. The molecule has 0 saturated heterocycles. The summed E-state index contributed by atoms with van der Waals surface area (Å²) in [5.41, 5.74) is -9.90. The zero-order valence-electron chi connectivity index (χ0n) is 17.6. The zero-order chi connectivity index (χ0) is 31.4. The Morgan fingerprint density at radius 2 is 0.947 bits per heavy atom. The minimum atomic E-state index is -9.11. The number of aliphatic carboxylic acids is 1. The van der Waals surface area contributed by atoms with Gasteiger partial charge < -0.3 is 10.2 Å². The van der Waals surface area contributed by atoms with Crippen molar-refractivity contribution in [2.24, 2.45) is 5.92 Å². The summed E-state index contributed by atoms with van der Waals surface area (Å²) < 4.78 is 253. The van der Waals surface area contributed by atoms with Gasteiger partial charge in [0.2, 0.25) is 0 Å². The number of hydrogen-bond acceptors (Lipinski definition) is 2. The van der Waals surface area contributed by atoms with E-state index in [4.69, 9.17) is 10.2 Å². The van der Waals surface area contributed by atoms with Crippen LogP contribution in [0.3, 0.4) is 0 Å². The second-order valence-corrected chi connectivity index (χ2v) is 7.53. The lowest BCUT2D eigenvalue weighted by molar-refractivity contribution is -0.472. The maximum atomic E-state index is 13.9. The fourth-order valence-electron chi connectivity index (χ4n) is 2.61. The minimum Gasteiger partial charge on any atom is -0.478 e. The van der Waals surface area contributed by atoms with Crippen LogP contribution in [0.4, 0.5) is 83.4 Å². The highest BCUT2D eigenvalue weighted by atomic mass is 19.4. The average Bonchev–Trinajstić information content (AvgIpc) is 2.69. The molecule has 0 fully saturated rings. The van der Waals surface area contributed by atoms with Crippen LogP contribution in [0.2, 0.25) is 0 Å². The van der Waals surface area contributed by atoms with Crippen molar-refractivity contribution in [3.8, 4) is 0 Å². The van der Waals surface area contributed by atoms with E-state index in [1.165, 1.54) is 0 Å². The van der Waals surface area contributed by atoms with Gasteiger partial charge in [0.05, 0.1) is 0 Å². The summed E-state index contributed by atoms with van der Waals surface area (Å²) in [5, 5.41) is 17.3. The van der Waals surface area contributed by atoms with Crippen LogP contribution in [0.15, 0.2) is 11.6 Å². The molecule has 0 aromatic heterocycles. The molecule has 0 spiro atoms. The van der Waals surface area contributed by atoms with Crippen molar-refractivity contribution in [1.29, 1.82) is 0 Å². The van der Waals surface area contributed by atoms with E-state index in [0.717, 1.165) is 0 Å².